The first-order valence-electron chi connectivity index (χ1n) is 9.76. The highest BCUT2D eigenvalue weighted by atomic mass is 19.1. The van der Waals surface area contributed by atoms with Crippen molar-refractivity contribution in [2.45, 2.75) is 25.3 Å². The van der Waals surface area contributed by atoms with Gasteiger partial charge in [-0.2, -0.15) is 0 Å². The van der Waals surface area contributed by atoms with E-state index in [-0.39, 0.29) is 17.9 Å². The molecule has 0 aliphatic carbocycles. The van der Waals surface area contributed by atoms with Crippen molar-refractivity contribution in [2.75, 3.05) is 26.2 Å². The first-order valence-corrected chi connectivity index (χ1v) is 9.76. The highest BCUT2D eigenvalue weighted by Crippen LogP contribution is 2.36. The fourth-order valence-electron chi connectivity index (χ4n) is 4.39. The van der Waals surface area contributed by atoms with Gasteiger partial charge in [0.25, 0.3) is 0 Å². The summed E-state index contributed by atoms with van der Waals surface area (Å²) >= 11 is 0. The summed E-state index contributed by atoms with van der Waals surface area (Å²) in [5, 5.41) is 0. The van der Waals surface area contributed by atoms with Gasteiger partial charge in [-0.3, -0.25) is 0 Å². The summed E-state index contributed by atoms with van der Waals surface area (Å²) in [4.78, 5) is 17.3. The lowest BCUT2D eigenvalue weighted by molar-refractivity contribution is 0.117. The van der Waals surface area contributed by atoms with Crippen LogP contribution < -0.4 is 5.73 Å². The smallest absolute Gasteiger partial charge is 0.320 e. The Hall–Kier alpha value is -2.40. The van der Waals surface area contributed by atoms with E-state index in [0.29, 0.717) is 19.0 Å². The van der Waals surface area contributed by atoms with E-state index in [0.717, 1.165) is 43.5 Å². The second-order valence-corrected chi connectivity index (χ2v) is 7.57. The molecule has 2 N–H and O–H groups in total. The first kappa shape index (κ1) is 18.0. The summed E-state index contributed by atoms with van der Waals surface area (Å²) in [7, 11) is 0. The van der Waals surface area contributed by atoms with Crippen molar-refractivity contribution < 1.29 is 9.18 Å². The van der Waals surface area contributed by atoms with Gasteiger partial charge < -0.3 is 15.5 Å². The summed E-state index contributed by atoms with van der Waals surface area (Å²) in [6, 6.07) is 14.7. The van der Waals surface area contributed by atoms with E-state index in [9.17, 15) is 9.18 Å². The van der Waals surface area contributed by atoms with Crippen molar-refractivity contribution in [3.8, 4) is 0 Å². The summed E-state index contributed by atoms with van der Waals surface area (Å²) in [5.74, 6) is 0.117. The highest BCUT2D eigenvalue weighted by molar-refractivity contribution is 5.76. The van der Waals surface area contributed by atoms with Crippen LogP contribution in [0.3, 0.4) is 0 Å². The van der Waals surface area contributed by atoms with Crippen molar-refractivity contribution in [1.29, 1.82) is 0 Å². The maximum atomic E-state index is 13.5. The fraction of sp³-hybridized carbons (Fsp3) is 0.409. The average Bonchev–Trinajstić information content (AvgIpc) is 2.73. The van der Waals surface area contributed by atoms with E-state index in [2.05, 4.69) is 12.1 Å². The minimum absolute atomic E-state index is 0.0666. The molecule has 4 rings (SSSR count). The third-order valence-corrected chi connectivity index (χ3v) is 5.84. The Morgan fingerprint density at radius 2 is 1.89 bits per heavy atom. The minimum atomic E-state index is -0.262. The van der Waals surface area contributed by atoms with Gasteiger partial charge in [0, 0.05) is 19.6 Å². The Morgan fingerprint density at radius 3 is 2.67 bits per heavy atom. The van der Waals surface area contributed by atoms with Crippen molar-refractivity contribution in [3.05, 3.63) is 71.0 Å². The molecule has 2 heterocycles. The monoisotopic (exact) mass is 367 g/mol. The van der Waals surface area contributed by atoms with Crippen LogP contribution in [0.1, 0.15) is 35.6 Å². The molecule has 0 radical (unpaired) electrons. The lowest BCUT2D eigenvalue weighted by Gasteiger charge is -2.42. The van der Waals surface area contributed by atoms with Crippen molar-refractivity contribution in [2.24, 2.45) is 11.7 Å². The van der Waals surface area contributed by atoms with E-state index >= 15 is 0 Å². The SMILES string of the molecule is NC[C@@H]1CCCN(C(=O)N2CCc3ccccc3[C@@H]2c2ccc(F)cc2)C1. The van der Waals surface area contributed by atoms with Crippen LogP contribution >= 0.6 is 0 Å². The summed E-state index contributed by atoms with van der Waals surface area (Å²) < 4.78 is 13.5. The van der Waals surface area contributed by atoms with E-state index < -0.39 is 0 Å². The number of nitrogens with zero attached hydrogens (tertiary/aromatic N) is 2. The van der Waals surface area contributed by atoms with Crippen LogP contribution in [-0.2, 0) is 6.42 Å². The van der Waals surface area contributed by atoms with Gasteiger partial charge in [-0.1, -0.05) is 36.4 Å². The number of likely N-dealkylation sites (tertiary alicyclic amines) is 1. The number of halogens is 1. The standard InChI is InChI=1S/C22H26FN3O/c23-19-9-7-18(8-10-19)21-20-6-2-1-5-17(20)11-13-26(21)22(27)25-12-3-4-16(14-24)15-25/h1-2,5-10,16,21H,3-4,11-15,24H2/t16-,21-/m0/s1. The van der Waals surface area contributed by atoms with Gasteiger partial charge in [-0.25, -0.2) is 9.18 Å². The van der Waals surface area contributed by atoms with Gasteiger partial charge in [-0.15, -0.1) is 0 Å². The maximum absolute atomic E-state index is 13.5. The number of carbonyl (C=O) groups is 1. The van der Waals surface area contributed by atoms with E-state index in [4.69, 9.17) is 5.73 Å². The van der Waals surface area contributed by atoms with Crippen LogP contribution in [0.25, 0.3) is 0 Å². The highest BCUT2D eigenvalue weighted by Gasteiger charge is 2.35. The number of hydrogen-bond donors (Lipinski definition) is 1. The second kappa shape index (κ2) is 7.69. The van der Waals surface area contributed by atoms with Crippen molar-refractivity contribution in [3.63, 3.8) is 0 Å². The molecule has 1 saturated heterocycles. The van der Waals surface area contributed by atoms with Gasteiger partial charge in [0.05, 0.1) is 6.04 Å². The van der Waals surface area contributed by atoms with E-state index in [1.165, 1.54) is 17.7 Å². The minimum Gasteiger partial charge on any atom is -0.330 e. The zero-order chi connectivity index (χ0) is 18.8. The topological polar surface area (TPSA) is 49.6 Å². The molecule has 2 amide bonds. The van der Waals surface area contributed by atoms with Crippen LogP contribution in [0.2, 0.25) is 0 Å². The largest absolute Gasteiger partial charge is 0.330 e. The zero-order valence-corrected chi connectivity index (χ0v) is 15.5. The summed E-state index contributed by atoms with van der Waals surface area (Å²) in [6.45, 7) is 2.79. The van der Waals surface area contributed by atoms with Crippen LogP contribution in [-0.4, -0.2) is 42.0 Å². The molecule has 0 spiro atoms. The predicted molar refractivity (Wildman–Crippen MR) is 104 cm³/mol. The second-order valence-electron chi connectivity index (χ2n) is 7.57. The number of hydrogen-bond acceptors (Lipinski definition) is 2. The van der Waals surface area contributed by atoms with E-state index in [1.807, 2.05) is 21.9 Å². The van der Waals surface area contributed by atoms with Gasteiger partial charge in [0.1, 0.15) is 5.82 Å². The Morgan fingerprint density at radius 1 is 1.11 bits per heavy atom. The Bertz CT molecular complexity index is 807. The molecule has 5 heteroatoms. The molecule has 2 aliphatic heterocycles. The summed E-state index contributed by atoms with van der Waals surface area (Å²) in [5.41, 5.74) is 9.20. The normalized spacial score (nSPS) is 22.4. The Balaban J connectivity index is 1.68. The molecule has 0 aromatic heterocycles. The summed E-state index contributed by atoms with van der Waals surface area (Å²) in [6.07, 6.45) is 2.93. The molecule has 2 atom stereocenters. The lowest BCUT2D eigenvalue weighted by atomic mass is 9.88. The third-order valence-electron chi connectivity index (χ3n) is 5.84. The lowest BCUT2D eigenvalue weighted by Crippen LogP contribution is -2.51. The molecule has 2 aromatic rings. The quantitative estimate of drug-likeness (QED) is 0.882. The van der Waals surface area contributed by atoms with Crippen molar-refractivity contribution in [1.82, 2.24) is 9.80 Å². The van der Waals surface area contributed by atoms with Gasteiger partial charge in [0.15, 0.2) is 0 Å². The maximum Gasteiger partial charge on any atom is 0.320 e. The number of carbonyl (C=O) groups excluding carboxylic acids is 1. The molecule has 2 aromatic carbocycles. The third kappa shape index (κ3) is 3.56. The molecule has 1 fully saturated rings. The number of rotatable bonds is 2. The van der Waals surface area contributed by atoms with Crippen LogP contribution in [0.5, 0.6) is 0 Å². The molecule has 2 aliphatic rings. The predicted octanol–water partition coefficient (Wildman–Crippen LogP) is 3.56. The zero-order valence-electron chi connectivity index (χ0n) is 15.5. The Kier molecular flexibility index (Phi) is 5.12. The molecule has 0 saturated carbocycles. The molecular weight excluding hydrogens is 341 g/mol. The molecule has 27 heavy (non-hydrogen) atoms. The van der Waals surface area contributed by atoms with Crippen molar-refractivity contribution >= 4 is 6.03 Å². The number of nitrogens with two attached hydrogens (primary N) is 1. The van der Waals surface area contributed by atoms with Gasteiger partial charge in [0.2, 0.25) is 0 Å². The van der Waals surface area contributed by atoms with Gasteiger partial charge >= 0.3 is 6.03 Å². The number of urea groups is 1. The van der Waals surface area contributed by atoms with E-state index in [1.54, 1.807) is 12.1 Å². The average molecular weight is 367 g/mol. The molecule has 0 bridgehead atoms. The molecule has 142 valence electrons. The number of piperidine rings is 1. The van der Waals surface area contributed by atoms with Crippen LogP contribution in [0, 0.1) is 11.7 Å². The molecule has 4 nitrogen and oxygen atoms in total. The first-order chi connectivity index (χ1) is 13.2. The molecular formula is C22H26FN3O. The van der Waals surface area contributed by atoms with Gasteiger partial charge in [-0.05, 0) is 60.5 Å². The van der Waals surface area contributed by atoms with Crippen LogP contribution in [0.4, 0.5) is 9.18 Å². The fourth-order valence-corrected chi connectivity index (χ4v) is 4.39. The molecule has 0 unspecified atom stereocenters. The number of benzene rings is 2. The number of amides is 2. The van der Waals surface area contributed by atoms with Crippen LogP contribution in [0.15, 0.2) is 48.5 Å². The Labute approximate surface area is 159 Å². The number of fused-ring (bicyclic) bond motifs is 1.